The van der Waals surface area contributed by atoms with Crippen LogP contribution in [0.15, 0.2) is 48.2 Å². The maximum Gasteiger partial charge on any atom is 0.135 e. The van der Waals surface area contributed by atoms with Crippen molar-refractivity contribution in [1.82, 2.24) is 4.98 Å². The van der Waals surface area contributed by atoms with Gasteiger partial charge in [-0.3, -0.25) is 0 Å². The molecule has 1 aromatic heterocycles. The van der Waals surface area contributed by atoms with Crippen molar-refractivity contribution >= 4 is 11.6 Å². The van der Waals surface area contributed by atoms with Gasteiger partial charge in [-0.25, -0.2) is 4.98 Å². The lowest BCUT2D eigenvalue weighted by Crippen LogP contribution is -2.06. The maximum atomic E-state index is 10.7. The number of hydrogen-bond acceptors (Lipinski definition) is 3. The monoisotopic (exact) mass is 329 g/mol. The number of nitrogens with zero attached hydrogens (tertiary/aromatic N) is 1. The molecule has 1 heterocycles. The van der Waals surface area contributed by atoms with Crippen LogP contribution in [0.1, 0.15) is 37.4 Å². The predicted molar refractivity (Wildman–Crippen MR) is 92.7 cm³/mol. The molecule has 0 aliphatic heterocycles. The molecule has 1 aromatic carbocycles. The van der Waals surface area contributed by atoms with Gasteiger partial charge in [0, 0.05) is 17.3 Å². The summed E-state index contributed by atoms with van der Waals surface area (Å²) in [4.78, 5) is 4.26. The summed E-state index contributed by atoms with van der Waals surface area (Å²) in [5.74, 6) is 0.809. The first-order valence-electron chi connectivity index (χ1n) is 7.86. The van der Waals surface area contributed by atoms with Crippen molar-refractivity contribution in [3.63, 3.8) is 0 Å². The molecule has 0 amide bonds. The smallest absolute Gasteiger partial charge is 0.135 e. The summed E-state index contributed by atoms with van der Waals surface area (Å²) in [6, 6.07) is 9.68. The standard InChI is InChI=1S/C19H20ClNO2/c1-23-16-9-7-13(8-10-16)15-11-17(19(20)21-12-15)18(22)14-5-3-2-4-6-14/h5,7-12,18,22H,2-4,6H2,1H3. The number of pyridine rings is 1. The van der Waals surface area contributed by atoms with Crippen LogP contribution in [0.5, 0.6) is 5.75 Å². The van der Waals surface area contributed by atoms with Crippen molar-refractivity contribution in [3.05, 3.63) is 58.9 Å². The average Bonchev–Trinajstić information content (AvgIpc) is 2.62. The molecule has 1 atom stereocenters. The summed E-state index contributed by atoms with van der Waals surface area (Å²) >= 11 is 6.23. The van der Waals surface area contributed by atoms with Gasteiger partial charge in [-0.1, -0.05) is 29.8 Å². The number of methoxy groups -OCH3 is 1. The number of aliphatic hydroxyl groups excluding tert-OH is 1. The van der Waals surface area contributed by atoms with Crippen LogP contribution in [-0.4, -0.2) is 17.2 Å². The van der Waals surface area contributed by atoms with E-state index in [-0.39, 0.29) is 0 Å². The second-order valence-corrected chi connectivity index (χ2v) is 6.12. The van der Waals surface area contributed by atoms with Gasteiger partial charge in [0.05, 0.1) is 7.11 Å². The zero-order valence-corrected chi connectivity index (χ0v) is 13.9. The second kappa shape index (κ2) is 7.16. The topological polar surface area (TPSA) is 42.4 Å². The molecule has 0 saturated carbocycles. The fourth-order valence-corrected chi connectivity index (χ4v) is 3.12. The van der Waals surface area contributed by atoms with Crippen LogP contribution in [0.25, 0.3) is 11.1 Å². The molecule has 23 heavy (non-hydrogen) atoms. The summed E-state index contributed by atoms with van der Waals surface area (Å²) < 4.78 is 5.18. The number of halogens is 1. The first-order valence-corrected chi connectivity index (χ1v) is 8.23. The molecule has 1 N–H and O–H groups in total. The van der Waals surface area contributed by atoms with Gasteiger partial charge in [-0.2, -0.15) is 0 Å². The molecular formula is C19H20ClNO2. The van der Waals surface area contributed by atoms with Crippen LogP contribution < -0.4 is 4.74 Å². The predicted octanol–water partition coefficient (Wildman–Crippen LogP) is 4.94. The number of aromatic nitrogens is 1. The lowest BCUT2D eigenvalue weighted by atomic mass is 9.91. The maximum absolute atomic E-state index is 10.7. The molecule has 1 unspecified atom stereocenters. The number of allylic oxidation sites excluding steroid dienone is 1. The fourth-order valence-electron chi connectivity index (χ4n) is 2.91. The Kier molecular flexibility index (Phi) is 4.99. The SMILES string of the molecule is COc1ccc(-c2cnc(Cl)c(C(O)C3=CCCCC3)c2)cc1. The Balaban J connectivity index is 1.93. The summed E-state index contributed by atoms with van der Waals surface area (Å²) in [7, 11) is 1.64. The van der Waals surface area contributed by atoms with E-state index in [4.69, 9.17) is 16.3 Å². The van der Waals surface area contributed by atoms with Gasteiger partial charge in [0.25, 0.3) is 0 Å². The molecule has 0 bridgehead atoms. The minimum atomic E-state index is -0.673. The molecule has 1 aliphatic rings. The minimum absolute atomic E-state index is 0.362. The van der Waals surface area contributed by atoms with Gasteiger partial charge in [-0.15, -0.1) is 0 Å². The highest BCUT2D eigenvalue weighted by Crippen LogP contribution is 2.34. The number of aliphatic hydroxyl groups is 1. The Morgan fingerprint density at radius 2 is 1.96 bits per heavy atom. The van der Waals surface area contributed by atoms with Crippen LogP contribution in [0.2, 0.25) is 5.15 Å². The molecule has 4 heteroatoms. The summed E-state index contributed by atoms with van der Waals surface area (Å²) in [6.45, 7) is 0. The molecule has 0 spiro atoms. The minimum Gasteiger partial charge on any atom is -0.497 e. The van der Waals surface area contributed by atoms with E-state index < -0.39 is 6.10 Å². The molecular weight excluding hydrogens is 310 g/mol. The van der Waals surface area contributed by atoms with Crippen LogP contribution >= 0.6 is 11.6 Å². The summed E-state index contributed by atoms with van der Waals surface area (Å²) in [5, 5.41) is 11.0. The van der Waals surface area contributed by atoms with Crippen LogP contribution in [0.3, 0.4) is 0 Å². The Morgan fingerprint density at radius 1 is 1.17 bits per heavy atom. The Labute approximate surface area is 141 Å². The van der Waals surface area contributed by atoms with Crippen molar-refractivity contribution in [2.45, 2.75) is 31.8 Å². The first kappa shape index (κ1) is 16.0. The van der Waals surface area contributed by atoms with Crippen molar-refractivity contribution in [2.24, 2.45) is 0 Å². The molecule has 1 aliphatic carbocycles. The third kappa shape index (κ3) is 3.57. The molecule has 3 rings (SSSR count). The van der Waals surface area contributed by atoms with E-state index in [0.717, 1.165) is 41.7 Å². The van der Waals surface area contributed by atoms with Gasteiger partial charge in [0.15, 0.2) is 0 Å². The fraction of sp³-hybridized carbons (Fsp3) is 0.316. The second-order valence-electron chi connectivity index (χ2n) is 5.76. The van der Waals surface area contributed by atoms with Crippen molar-refractivity contribution in [1.29, 1.82) is 0 Å². The average molecular weight is 330 g/mol. The molecule has 2 aromatic rings. The van der Waals surface area contributed by atoms with Crippen LogP contribution in [-0.2, 0) is 0 Å². The van der Waals surface area contributed by atoms with Gasteiger partial charge < -0.3 is 9.84 Å². The summed E-state index contributed by atoms with van der Waals surface area (Å²) in [5.41, 5.74) is 3.67. The van der Waals surface area contributed by atoms with Crippen molar-refractivity contribution in [3.8, 4) is 16.9 Å². The highest BCUT2D eigenvalue weighted by molar-refractivity contribution is 6.30. The van der Waals surface area contributed by atoms with Crippen molar-refractivity contribution < 1.29 is 9.84 Å². The molecule has 3 nitrogen and oxygen atoms in total. The number of hydrogen-bond donors (Lipinski definition) is 1. The highest BCUT2D eigenvalue weighted by Gasteiger charge is 2.19. The Hall–Kier alpha value is -1.84. The number of ether oxygens (including phenoxy) is 1. The lowest BCUT2D eigenvalue weighted by molar-refractivity contribution is 0.208. The third-order valence-electron chi connectivity index (χ3n) is 4.26. The van der Waals surface area contributed by atoms with E-state index in [1.54, 1.807) is 13.3 Å². The van der Waals surface area contributed by atoms with Crippen LogP contribution in [0, 0.1) is 0 Å². The number of rotatable bonds is 4. The largest absolute Gasteiger partial charge is 0.497 e. The summed E-state index contributed by atoms with van der Waals surface area (Å²) in [6.07, 6.45) is 7.44. The Bertz CT molecular complexity index is 710. The van der Waals surface area contributed by atoms with Gasteiger partial charge in [0.2, 0.25) is 0 Å². The third-order valence-corrected chi connectivity index (χ3v) is 4.58. The normalized spacial score (nSPS) is 15.9. The quantitative estimate of drug-likeness (QED) is 0.638. The van der Waals surface area contributed by atoms with Gasteiger partial charge in [0.1, 0.15) is 17.0 Å². The van der Waals surface area contributed by atoms with E-state index in [0.29, 0.717) is 10.7 Å². The van der Waals surface area contributed by atoms with E-state index in [1.165, 1.54) is 6.42 Å². The van der Waals surface area contributed by atoms with Crippen molar-refractivity contribution in [2.75, 3.05) is 7.11 Å². The molecule has 120 valence electrons. The zero-order valence-electron chi connectivity index (χ0n) is 13.1. The van der Waals surface area contributed by atoms with Crippen LogP contribution in [0.4, 0.5) is 0 Å². The van der Waals surface area contributed by atoms with E-state index in [9.17, 15) is 5.11 Å². The van der Waals surface area contributed by atoms with E-state index in [2.05, 4.69) is 11.1 Å². The molecule has 0 fully saturated rings. The lowest BCUT2D eigenvalue weighted by Gasteiger charge is -2.20. The Morgan fingerprint density at radius 3 is 2.61 bits per heavy atom. The van der Waals surface area contributed by atoms with Gasteiger partial charge >= 0.3 is 0 Å². The van der Waals surface area contributed by atoms with Gasteiger partial charge in [-0.05, 0) is 55.0 Å². The molecule has 0 saturated heterocycles. The highest BCUT2D eigenvalue weighted by atomic mass is 35.5. The van der Waals surface area contributed by atoms with E-state index >= 15 is 0 Å². The van der Waals surface area contributed by atoms with E-state index in [1.807, 2.05) is 30.3 Å². The number of benzene rings is 1. The first-order chi connectivity index (χ1) is 11.2. The zero-order chi connectivity index (χ0) is 16.2. The molecule has 0 radical (unpaired) electrons.